The maximum absolute atomic E-state index is 13.1. The molecule has 0 aliphatic carbocycles. The van der Waals surface area contributed by atoms with E-state index in [2.05, 4.69) is 85.8 Å². The molecule has 3 rings (SSSR count). The van der Waals surface area contributed by atoms with E-state index in [9.17, 15) is 28.8 Å². The van der Waals surface area contributed by atoms with Gasteiger partial charge in [0.1, 0.15) is 26.4 Å². The quantitative estimate of drug-likeness (QED) is 0.0359. The first-order valence-electron chi connectivity index (χ1n) is 26.0. The molecule has 3 aromatic rings. The normalized spacial score (nSPS) is 13.2. The molecule has 0 fully saturated rings. The Labute approximate surface area is 459 Å². The third kappa shape index (κ3) is 27.5. The Morgan fingerprint density at radius 1 is 0.397 bits per heavy atom. The molecule has 0 aliphatic rings. The fourth-order valence-electron chi connectivity index (χ4n) is 7.13. The molecule has 2 atom stereocenters. The number of nitrogens with one attached hydrogen (secondary N) is 2. The summed E-state index contributed by atoms with van der Waals surface area (Å²) in [6, 6.07) is 23.7. The lowest BCUT2D eigenvalue weighted by molar-refractivity contribution is -0.165. The van der Waals surface area contributed by atoms with Crippen molar-refractivity contribution in [2.45, 2.75) is 171 Å². The van der Waals surface area contributed by atoms with Gasteiger partial charge in [-0.15, -0.1) is 0 Å². The maximum Gasteiger partial charge on any atom is 0.312 e. The van der Waals surface area contributed by atoms with Crippen LogP contribution in [-0.2, 0) is 94.2 Å². The molecule has 0 bridgehead atoms. The summed E-state index contributed by atoms with van der Waals surface area (Å²) in [5, 5.41) is 15.2. The molecule has 0 radical (unpaired) electrons. The molecule has 78 heavy (non-hydrogen) atoms. The number of hydrogen-bond acceptors (Lipinski definition) is 18. The van der Waals surface area contributed by atoms with E-state index in [1.54, 1.807) is 27.7 Å². The highest BCUT2D eigenvalue weighted by atomic mass is 16.6. The highest BCUT2D eigenvalue weighted by Gasteiger charge is 2.23. The van der Waals surface area contributed by atoms with Crippen molar-refractivity contribution in [3.63, 3.8) is 0 Å². The largest absolute Gasteiger partial charge is 0.461 e. The first-order chi connectivity index (χ1) is 36.6. The number of nitrogens with zero attached hydrogens (tertiary/aromatic N) is 4. The Bertz CT molecular complexity index is 2530. The van der Waals surface area contributed by atoms with Gasteiger partial charge >= 0.3 is 35.8 Å². The number of rotatable bonds is 30. The smallest absolute Gasteiger partial charge is 0.312 e. The minimum Gasteiger partial charge on any atom is -0.461 e. The van der Waals surface area contributed by atoms with Gasteiger partial charge in [-0.25, -0.2) is 0 Å². The van der Waals surface area contributed by atoms with Crippen molar-refractivity contribution in [3.05, 3.63) is 106 Å². The summed E-state index contributed by atoms with van der Waals surface area (Å²) in [7, 11) is 0. The minimum atomic E-state index is -1.11. The van der Waals surface area contributed by atoms with E-state index in [-0.39, 0.29) is 100 Å². The van der Waals surface area contributed by atoms with Crippen molar-refractivity contribution in [2.24, 2.45) is 20.0 Å². The van der Waals surface area contributed by atoms with Gasteiger partial charge in [0.15, 0.2) is 12.2 Å². The van der Waals surface area contributed by atoms with Crippen molar-refractivity contribution in [1.82, 2.24) is 0 Å². The fourth-order valence-corrected chi connectivity index (χ4v) is 7.13. The summed E-state index contributed by atoms with van der Waals surface area (Å²) in [5.74, 6) is -3.93. The number of carbonyl (C=O) groups excluding carboxylic acids is 6. The van der Waals surface area contributed by atoms with Crippen LogP contribution in [-0.4, -0.2) is 109 Å². The topological polar surface area (TPSA) is 255 Å². The Morgan fingerprint density at radius 3 is 0.936 bits per heavy atom. The van der Waals surface area contributed by atoms with E-state index in [0.29, 0.717) is 35.9 Å². The highest BCUT2D eigenvalue weighted by molar-refractivity contribution is 6.00. The van der Waals surface area contributed by atoms with Crippen LogP contribution in [0, 0.1) is 10.8 Å². The predicted octanol–water partition coefficient (Wildman–Crippen LogP) is 9.94. The summed E-state index contributed by atoms with van der Waals surface area (Å²) in [6.07, 6.45) is -3.30. The predicted molar refractivity (Wildman–Crippen MR) is 302 cm³/mol. The zero-order valence-electron chi connectivity index (χ0n) is 47.7. The molecule has 0 saturated heterocycles. The molecule has 0 amide bonds. The summed E-state index contributed by atoms with van der Waals surface area (Å²) in [4.78, 5) is 94.5. The average Bonchev–Trinajstić information content (AvgIpc) is 3.35. The van der Waals surface area contributed by atoms with E-state index >= 15 is 0 Å². The number of hydrogen-bond donors (Lipinski definition) is 2. The van der Waals surface area contributed by atoms with Crippen molar-refractivity contribution < 1.29 is 57.2 Å². The summed E-state index contributed by atoms with van der Waals surface area (Å²) >= 11 is 0. The molecule has 0 saturated carbocycles. The van der Waals surface area contributed by atoms with Crippen LogP contribution in [0.1, 0.15) is 155 Å². The van der Waals surface area contributed by atoms with E-state index in [4.69, 9.17) is 39.2 Å². The van der Waals surface area contributed by atoms with Crippen LogP contribution in [0.2, 0.25) is 0 Å². The molecule has 422 valence electrons. The number of ether oxygens (including phenoxy) is 6. The third-order valence-electron chi connectivity index (χ3n) is 11.4. The van der Waals surface area contributed by atoms with Crippen LogP contribution < -0.4 is 0 Å². The van der Waals surface area contributed by atoms with Gasteiger partial charge in [-0.05, 0) is 85.8 Å². The molecule has 2 unspecified atom stereocenters. The lowest BCUT2D eigenvalue weighted by Gasteiger charge is -2.19. The van der Waals surface area contributed by atoms with Gasteiger partial charge in [-0.2, -0.15) is 0 Å². The second-order valence-electron chi connectivity index (χ2n) is 21.5. The SMILES string of the molecule is CC(=N)CC(=O)OCC(COC(=O)C/C(C)=N\Cc1cccc(C(C)(C)C)c1)OC(=O)C/C(C)=N/Cc1cccc(C/N=C(\C)CC(=O)OC(COC(=O)CC(C)=N)COC(=O)C/C(C)=N/Cc2cccc(C(C)(C)C)c2)c1. The average molecular weight is 1080 g/mol. The first kappa shape index (κ1) is 64.8. The molecular weight excluding hydrogens is 997 g/mol. The Hall–Kier alpha value is -7.50. The number of carbonyl (C=O) groups is 6. The van der Waals surface area contributed by atoms with E-state index in [0.717, 1.165) is 22.3 Å². The molecule has 3 aromatic carbocycles. The summed E-state index contributed by atoms with van der Waals surface area (Å²) in [6.45, 7) is 22.2. The lowest BCUT2D eigenvalue weighted by Crippen LogP contribution is -2.31. The standard InChI is InChI=1S/C60H80N6O12/c1-39(61)22-53(67)73-35-51(37-75-55(69)24-41(3)65-33-47-18-14-20-49(29-47)59(7,8)9)77-57(71)26-43(5)63-31-45-16-13-17-46(28-45)32-64-44(6)27-58(72)78-52(36-74-54(68)23-40(2)62)38-76-56(70)25-42(4)66-34-48-19-15-21-50(30-48)60(10,11)12/h13-21,28-30,51-52,61-62H,22-27,31-38H2,1-12H3/b61-39?,62-40?,63-43+,64-44+,65-41-,66-42+. The molecule has 0 spiro atoms. The lowest BCUT2D eigenvalue weighted by atomic mass is 9.86. The third-order valence-corrected chi connectivity index (χ3v) is 11.4. The van der Waals surface area contributed by atoms with Gasteiger partial charge in [0.2, 0.25) is 0 Å². The van der Waals surface area contributed by atoms with Crippen LogP contribution in [0.15, 0.2) is 92.8 Å². The molecule has 2 N–H and O–H groups in total. The minimum absolute atomic E-state index is 0.0198. The Balaban J connectivity index is 1.55. The number of esters is 6. The Kier molecular flexibility index (Phi) is 26.8. The van der Waals surface area contributed by atoms with Gasteiger partial charge in [0, 0.05) is 34.3 Å². The summed E-state index contributed by atoms with van der Waals surface area (Å²) in [5.41, 5.74) is 8.19. The van der Waals surface area contributed by atoms with E-state index < -0.39 is 48.0 Å². The monoisotopic (exact) mass is 1080 g/mol. The molecule has 18 heteroatoms. The zero-order chi connectivity index (χ0) is 58.0. The Morgan fingerprint density at radius 2 is 0.654 bits per heavy atom. The van der Waals surface area contributed by atoms with Gasteiger partial charge in [-0.1, -0.05) is 114 Å². The fraction of sp³-hybridized carbons (Fsp3) is 0.500. The van der Waals surface area contributed by atoms with Gasteiger partial charge in [0.05, 0.1) is 64.7 Å². The second kappa shape index (κ2) is 32.3. The van der Waals surface area contributed by atoms with Crippen LogP contribution >= 0.6 is 0 Å². The first-order valence-corrected chi connectivity index (χ1v) is 26.0. The van der Waals surface area contributed by atoms with Crippen LogP contribution in [0.25, 0.3) is 0 Å². The van der Waals surface area contributed by atoms with Crippen molar-refractivity contribution >= 4 is 70.1 Å². The van der Waals surface area contributed by atoms with Gasteiger partial charge in [-0.3, -0.25) is 48.7 Å². The highest BCUT2D eigenvalue weighted by Crippen LogP contribution is 2.24. The van der Waals surface area contributed by atoms with Crippen molar-refractivity contribution in [3.8, 4) is 0 Å². The summed E-state index contributed by atoms with van der Waals surface area (Å²) < 4.78 is 32.5. The van der Waals surface area contributed by atoms with Gasteiger partial charge in [0.25, 0.3) is 0 Å². The van der Waals surface area contributed by atoms with Gasteiger partial charge < -0.3 is 39.2 Å². The maximum atomic E-state index is 13.1. The van der Waals surface area contributed by atoms with Crippen molar-refractivity contribution in [1.29, 1.82) is 10.8 Å². The van der Waals surface area contributed by atoms with E-state index in [1.807, 2.05) is 48.5 Å². The second-order valence-corrected chi connectivity index (χ2v) is 21.5. The van der Waals surface area contributed by atoms with Crippen LogP contribution in [0.5, 0.6) is 0 Å². The molecule has 18 nitrogen and oxygen atoms in total. The van der Waals surface area contributed by atoms with Crippen molar-refractivity contribution in [2.75, 3.05) is 26.4 Å². The molecule has 0 aromatic heterocycles. The number of aliphatic imine (C=N–C) groups is 4. The molecule has 0 heterocycles. The van der Waals surface area contributed by atoms with Crippen LogP contribution in [0.3, 0.4) is 0 Å². The number of benzene rings is 3. The molecule has 0 aliphatic heterocycles. The zero-order valence-corrected chi connectivity index (χ0v) is 47.7. The molecular formula is C60H80N6O12. The van der Waals surface area contributed by atoms with Crippen LogP contribution in [0.4, 0.5) is 0 Å². The van der Waals surface area contributed by atoms with E-state index in [1.165, 1.54) is 25.0 Å².